The molecule has 0 fully saturated rings. The molecule has 15 heavy (non-hydrogen) atoms. The van der Waals surface area contributed by atoms with E-state index < -0.39 is 0 Å². The second-order valence-electron chi connectivity index (χ2n) is 3.77. The molecule has 0 aliphatic heterocycles. The van der Waals surface area contributed by atoms with Gasteiger partial charge in [-0.1, -0.05) is 17.7 Å². The standard InChI is InChI=1S/C12H15N3/c1-9-3-4-12(10(2)5-9)15-7-11(6-13)14-8-15/h3-5,7-8H,6,13H2,1-2H3. The minimum absolute atomic E-state index is 0.484. The molecule has 0 bridgehead atoms. The van der Waals surface area contributed by atoms with Crippen molar-refractivity contribution in [3.63, 3.8) is 0 Å². The van der Waals surface area contributed by atoms with Crippen LogP contribution in [0.2, 0.25) is 0 Å². The molecular formula is C12H15N3. The van der Waals surface area contributed by atoms with Gasteiger partial charge in [-0.05, 0) is 25.5 Å². The van der Waals surface area contributed by atoms with Crippen molar-refractivity contribution in [2.45, 2.75) is 20.4 Å². The lowest BCUT2D eigenvalue weighted by atomic mass is 10.1. The summed E-state index contributed by atoms with van der Waals surface area (Å²) in [6, 6.07) is 6.37. The average Bonchev–Trinajstić information content (AvgIpc) is 2.66. The third-order valence-corrected chi connectivity index (χ3v) is 2.48. The van der Waals surface area contributed by atoms with E-state index in [0.717, 1.165) is 11.4 Å². The van der Waals surface area contributed by atoms with Gasteiger partial charge in [-0.2, -0.15) is 0 Å². The third-order valence-electron chi connectivity index (χ3n) is 2.48. The first-order valence-electron chi connectivity index (χ1n) is 5.01. The van der Waals surface area contributed by atoms with Crippen LogP contribution in [0.3, 0.4) is 0 Å². The number of nitrogens with zero attached hydrogens (tertiary/aromatic N) is 2. The highest BCUT2D eigenvalue weighted by atomic mass is 15.0. The SMILES string of the molecule is Cc1ccc(-n2cnc(CN)c2)c(C)c1. The maximum atomic E-state index is 5.53. The van der Waals surface area contributed by atoms with E-state index in [4.69, 9.17) is 5.73 Å². The van der Waals surface area contributed by atoms with Crippen LogP contribution in [0.25, 0.3) is 5.69 Å². The van der Waals surface area contributed by atoms with Crippen LogP contribution in [0.1, 0.15) is 16.8 Å². The minimum Gasteiger partial charge on any atom is -0.325 e. The summed E-state index contributed by atoms with van der Waals surface area (Å²) in [7, 11) is 0. The molecule has 78 valence electrons. The molecule has 0 amide bonds. The van der Waals surface area contributed by atoms with E-state index in [1.807, 2.05) is 10.8 Å². The summed E-state index contributed by atoms with van der Waals surface area (Å²) in [6.07, 6.45) is 3.78. The van der Waals surface area contributed by atoms with Gasteiger partial charge in [0.2, 0.25) is 0 Å². The van der Waals surface area contributed by atoms with E-state index in [-0.39, 0.29) is 0 Å². The third kappa shape index (κ3) is 1.92. The fourth-order valence-electron chi connectivity index (χ4n) is 1.70. The molecule has 0 saturated carbocycles. The molecule has 0 aliphatic rings. The van der Waals surface area contributed by atoms with Gasteiger partial charge in [-0.15, -0.1) is 0 Å². The Morgan fingerprint density at radius 1 is 1.33 bits per heavy atom. The monoisotopic (exact) mass is 201 g/mol. The molecule has 3 nitrogen and oxygen atoms in total. The zero-order chi connectivity index (χ0) is 10.8. The quantitative estimate of drug-likeness (QED) is 0.807. The highest BCUT2D eigenvalue weighted by Gasteiger charge is 2.02. The van der Waals surface area contributed by atoms with Gasteiger partial charge < -0.3 is 10.3 Å². The van der Waals surface area contributed by atoms with Crippen molar-refractivity contribution in [2.24, 2.45) is 5.73 Å². The minimum atomic E-state index is 0.484. The van der Waals surface area contributed by atoms with Crippen molar-refractivity contribution in [1.29, 1.82) is 0 Å². The summed E-state index contributed by atoms with van der Waals surface area (Å²) in [6.45, 7) is 4.68. The van der Waals surface area contributed by atoms with Gasteiger partial charge in [-0.25, -0.2) is 4.98 Å². The number of hydrogen-bond acceptors (Lipinski definition) is 2. The summed E-state index contributed by atoms with van der Waals surface area (Å²) in [5.74, 6) is 0. The highest BCUT2D eigenvalue weighted by molar-refractivity contribution is 5.42. The molecule has 0 atom stereocenters. The van der Waals surface area contributed by atoms with Crippen LogP contribution in [-0.2, 0) is 6.54 Å². The smallest absolute Gasteiger partial charge is 0.0995 e. The molecule has 1 heterocycles. The van der Waals surface area contributed by atoms with Crippen LogP contribution in [0.4, 0.5) is 0 Å². The summed E-state index contributed by atoms with van der Waals surface area (Å²) < 4.78 is 2.01. The maximum Gasteiger partial charge on any atom is 0.0995 e. The van der Waals surface area contributed by atoms with Crippen LogP contribution in [0.5, 0.6) is 0 Å². The first-order valence-corrected chi connectivity index (χ1v) is 5.01. The fraction of sp³-hybridized carbons (Fsp3) is 0.250. The number of imidazole rings is 1. The summed E-state index contributed by atoms with van der Waals surface area (Å²) in [5, 5.41) is 0. The fourth-order valence-corrected chi connectivity index (χ4v) is 1.70. The predicted molar refractivity (Wildman–Crippen MR) is 60.9 cm³/mol. The Bertz CT molecular complexity index is 471. The van der Waals surface area contributed by atoms with E-state index in [2.05, 4.69) is 37.0 Å². The molecule has 2 rings (SSSR count). The predicted octanol–water partition coefficient (Wildman–Crippen LogP) is 1.95. The number of hydrogen-bond donors (Lipinski definition) is 1. The lowest BCUT2D eigenvalue weighted by molar-refractivity contribution is 1.01. The molecule has 0 unspecified atom stereocenters. The van der Waals surface area contributed by atoms with E-state index in [0.29, 0.717) is 6.54 Å². The van der Waals surface area contributed by atoms with Crippen LogP contribution in [0.15, 0.2) is 30.7 Å². The van der Waals surface area contributed by atoms with Crippen molar-refractivity contribution in [3.8, 4) is 5.69 Å². The Labute approximate surface area is 89.6 Å². The van der Waals surface area contributed by atoms with Crippen molar-refractivity contribution in [2.75, 3.05) is 0 Å². The molecule has 3 heteroatoms. The lowest BCUT2D eigenvalue weighted by Gasteiger charge is -2.06. The van der Waals surface area contributed by atoms with E-state index in [9.17, 15) is 0 Å². The van der Waals surface area contributed by atoms with Crippen molar-refractivity contribution in [3.05, 3.63) is 47.5 Å². The molecule has 0 spiro atoms. The first kappa shape index (κ1) is 9.93. The first-order chi connectivity index (χ1) is 7.20. The molecule has 0 saturated heterocycles. The molecule has 2 aromatic rings. The molecule has 0 radical (unpaired) electrons. The van der Waals surface area contributed by atoms with Gasteiger partial charge in [0.05, 0.1) is 12.0 Å². The van der Waals surface area contributed by atoms with Crippen LogP contribution < -0.4 is 5.73 Å². The average molecular weight is 201 g/mol. The topological polar surface area (TPSA) is 43.8 Å². The Hall–Kier alpha value is -1.61. The van der Waals surface area contributed by atoms with Crippen molar-refractivity contribution >= 4 is 0 Å². The van der Waals surface area contributed by atoms with Gasteiger partial charge in [0.25, 0.3) is 0 Å². The molecule has 0 aliphatic carbocycles. The number of aromatic nitrogens is 2. The second kappa shape index (κ2) is 3.87. The molecular weight excluding hydrogens is 186 g/mol. The zero-order valence-electron chi connectivity index (χ0n) is 9.07. The van der Waals surface area contributed by atoms with E-state index in [1.54, 1.807) is 6.33 Å². The van der Waals surface area contributed by atoms with Crippen LogP contribution >= 0.6 is 0 Å². The zero-order valence-corrected chi connectivity index (χ0v) is 9.07. The molecule has 1 aromatic heterocycles. The Balaban J connectivity index is 2.44. The van der Waals surface area contributed by atoms with Gasteiger partial charge in [-0.3, -0.25) is 0 Å². The van der Waals surface area contributed by atoms with Crippen LogP contribution in [-0.4, -0.2) is 9.55 Å². The van der Waals surface area contributed by atoms with Gasteiger partial charge in [0, 0.05) is 18.4 Å². The van der Waals surface area contributed by atoms with E-state index >= 15 is 0 Å². The normalized spacial score (nSPS) is 10.6. The van der Waals surface area contributed by atoms with Crippen molar-refractivity contribution in [1.82, 2.24) is 9.55 Å². The second-order valence-corrected chi connectivity index (χ2v) is 3.77. The van der Waals surface area contributed by atoms with Gasteiger partial charge in [0.15, 0.2) is 0 Å². The van der Waals surface area contributed by atoms with E-state index in [1.165, 1.54) is 11.1 Å². The number of nitrogens with two attached hydrogens (primary N) is 1. The lowest BCUT2D eigenvalue weighted by Crippen LogP contribution is -1.96. The largest absolute Gasteiger partial charge is 0.325 e. The van der Waals surface area contributed by atoms with Crippen LogP contribution in [0, 0.1) is 13.8 Å². The number of benzene rings is 1. The Morgan fingerprint density at radius 3 is 2.73 bits per heavy atom. The number of aryl methyl sites for hydroxylation is 2. The summed E-state index contributed by atoms with van der Waals surface area (Å²) in [4.78, 5) is 4.21. The Kier molecular flexibility index (Phi) is 2.56. The van der Waals surface area contributed by atoms with Gasteiger partial charge >= 0.3 is 0 Å². The highest BCUT2D eigenvalue weighted by Crippen LogP contribution is 2.15. The Morgan fingerprint density at radius 2 is 2.13 bits per heavy atom. The summed E-state index contributed by atoms with van der Waals surface area (Å²) in [5.41, 5.74) is 10.1. The number of rotatable bonds is 2. The summed E-state index contributed by atoms with van der Waals surface area (Å²) >= 11 is 0. The molecule has 2 N–H and O–H groups in total. The van der Waals surface area contributed by atoms with Gasteiger partial charge in [0.1, 0.15) is 0 Å². The maximum absolute atomic E-state index is 5.53. The van der Waals surface area contributed by atoms with Crippen molar-refractivity contribution < 1.29 is 0 Å². The molecule has 1 aromatic carbocycles.